The molecule has 2 N–H and O–H groups in total. The molecule has 1 aromatic rings. The van der Waals surface area contributed by atoms with Gasteiger partial charge in [0.2, 0.25) is 0 Å². The Morgan fingerprint density at radius 2 is 2.11 bits per heavy atom. The summed E-state index contributed by atoms with van der Waals surface area (Å²) in [5.41, 5.74) is -0.848. The van der Waals surface area contributed by atoms with Gasteiger partial charge in [0.15, 0.2) is 0 Å². The Labute approximate surface area is 110 Å². The topological polar surface area (TPSA) is 49.3 Å². The van der Waals surface area contributed by atoms with E-state index in [1.54, 1.807) is 0 Å². The Kier molecular flexibility index (Phi) is 5.15. The van der Waals surface area contributed by atoms with E-state index in [1.807, 2.05) is 0 Å². The molecule has 1 atom stereocenters. The van der Waals surface area contributed by atoms with Crippen molar-refractivity contribution in [1.29, 1.82) is 0 Å². The van der Waals surface area contributed by atoms with Crippen molar-refractivity contribution in [2.24, 2.45) is 0 Å². The van der Waals surface area contributed by atoms with Gasteiger partial charge in [-0.05, 0) is 24.6 Å². The number of aliphatic hydroxyl groups excluding tert-OH is 1. The van der Waals surface area contributed by atoms with Crippen LogP contribution in [0.4, 0.5) is 18.9 Å². The Morgan fingerprint density at radius 1 is 1.44 bits per heavy atom. The van der Waals surface area contributed by atoms with Crippen LogP contribution in [0.2, 0.25) is 0 Å². The highest BCUT2D eigenvalue weighted by atomic mass is 79.9. The van der Waals surface area contributed by atoms with Gasteiger partial charge in [-0.1, -0.05) is 22.0 Å². The summed E-state index contributed by atoms with van der Waals surface area (Å²) in [6, 6.07) is 4.24. The molecule has 0 aliphatic heterocycles. The quantitative estimate of drug-likeness (QED) is 0.836. The minimum Gasteiger partial charge on any atom is -0.383 e. The number of aliphatic hydroxyl groups is 1. The lowest BCUT2D eigenvalue weighted by Crippen LogP contribution is -2.28. The minimum atomic E-state index is -4.46. The van der Waals surface area contributed by atoms with Gasteiger partial charge in [0, 0.05) is 11.0 Å². The molecule has 0 aliphatic carbocycles. The number of amides is 1. The van der Waals surface area contributed by atoms with Gasteiger partial charge in [0.25, 0.3) is 5.91 Å². The molecule has 1 unspecified atom stereocenters. The molecular formula is C11H11BrF3NO2. The van der Waals surface area contributed by atoms with Gasteiger partial charge in [-0.15, -0.1) is 0 Å². The second-order valence-electron chi connectivity index (χ2n) is 3.56. The normalized spacial score (nSPS) is 13.2. The van der Waals surface area contributed by atoms with Crippen LogP contribution in [0.25, 0.3) is 0 Å². The van der Waals surface area contributed by atoms with Crippen LogP contribution in [0.15, 0.2) is 24.3 Å². The number of benzene rings is 1. The Morgan fingerprint density at radius 3 is 2.67 bits per heavy atom. The largest absolute Gasteiger partial charge is 0.416 e. The number of carbonyl (C=O) groups excluding carboxylic acids is 1. The third kappa shape index (κ3) is 4.30. The summed E-state index contributed by atoms with van der Waals surface area (Å²) in [4.78, 5) is 11.4. The number of halogens is 4. The van der Waals surface area contributed by atoms with Crippen molar-refractivity contribution >= 4 is 27.5 Å². The molecule has 7 heteroatoms. The Balaban J connectivity index is 2.77. The van der Waals surface area contributed by atoms with Crippen LogP contribution in [-0.2, 0) is 11.0 Å². The zero-order valence-corrected chi connectivity index (χ0v) is 10.8. The maximum Gasteiger partial charge on any atom is 0.416 e. The number of carbonyl (C=O) groups is 1. The van der Waals surface area contributed by atoms with E-state index < -0.39 is 23.8 Å². The van der Waals surface area contributed by atoms with Gasteiger partial charge in [-0.2, -0.15) is 13.2 Å². The predicted octanol–water partition coefficient (Wildman–Crippen LogP) is 2.79. The van der Waals surface area contributed by atoms with Crippen molar-refractivity contribution in [1.82, 2.24) is 0 Å². The lowest BCUT2D eigenvalue weighted by Gasteiger charge is -2.12. The van der Waals surface area contributed by atoms with Crippen LogP contribution < -0.4 is 5.32 Å². The van der Waals surface area contributed by atoms with Crippen LogP contribution in [-0.4, -0.2) is 22.4 Å². The average molecular weight is 326 g/mol. The summed E-state index contributed by atoms with van der Waals surface area (Å²) in [5, 5.41) is 12.0. The third-order valence-electron chi connectivity index (χ3n) is 2.14. The molecule has 1 rings (SSSR count). The zero-order chi connectivity index (χ0) is 13.8. The molecule has 100 valence electrons. The van der Waals surface area contributed by atoms with Crippen molar-refractivity contribution in [3.05, 3.63) is 29.8 Å². The smallest absolute Gasteiger partial charge is 0.383 e. The molecule has 0 saturated carbocycles. The summed E-state index contributed by atoms with van der Waals surface area (Å²) in [6.07, 6.45) is -5.53. The zero-order valence-electron chi connectivity index (χ0n) is 9.17. The maximum atomic E-state index is 12.4. The van der Waals surface area contributed by atoms with E-state index in [2.05, 4.69) is 21.2 Å². The van der Waals surface area contributed by atoms with Crippen molar-refractivity contribution in [3.63, 3.8) is 0 Å². The first-order chi connectivity index (χ1) is 8.34. The number of anilines is 1. The number of hydrogen-bond donors (Lipinski definition) is 2. The van der Waals surface area contributed by atoms with Crippen LogP contribution in [0.1, 0.15) is 12.0 Å². The predicted molar refractivity (Wildman–Crippen MR) is 64.5 cm³/mol. The summed E-state index contributed by atoms with van der Waals surface area (Å²) in [5.74, 6) is -0.728. The fourth-order valence-electron chi connectivity index (χ4n) is 1.23. The Bertz CT molecular complexity index is 423. The summed E-state index contributed by atoms with van der Waals surface area (Å²) in [6.45, 7) is 0. The second kappa shape index (κ2) is 6.19. The number of alkyl halides is 4. The van der Waals surface area contributed by atoms with Crippen molar-refractivity contribution in [2.75, 3.05) is 10.6 Å². The molecule has 1 amide bonds. The summed E-state index contributed by atoms with van der Waals surface area (Å²) in [7, 11) is 0. The number of rotatable bonds is 4. The molecule has 1 aromatic carbocycles. The monoisotopic (exact) mass is 325 g/mol. The van der Waals surface area contributed by atoms with Crippen LogP contribution in [0.5, 0.6) is 0 Å². The van der Waals surface area contributed by atoms with Gasteiger partial charge in [-0.3, -0.25) is 4.79 Å². The molecule has 0 bridgehead atoms. The highest BCUT2D eigenvalue weighted by molar-refractivity contribution is 9.09. The molecule has 0 aromatic heterocycles. The maximum absolute atomic E-state index is 12.4. The lowest BCUT2D eigenvalue weighted by molar-refractivity contribution is -0.137. The lowest BCUT2D eigenvalue weighted by atomic mass is 10.2. The van der Waals surface area contributed by atoms with Gasteiger partial charge < -0.3 is 10.4 Å². The second-order valence-corrected chi connectivity index (χ2v) is 4.35. The van der Waals surface area contributed by atoms with Crippen LogP contribution >= 0.6 is 15.9 Å². The molecule has 0 radical (unpaired) electrons. The van der Waals surface area contributed by atoms with Gasteiger partial charge in [-0.25, -0.2) is 0 Å². The fraction of sp³-hybridized carbons (Fsp3) is 0.364. The van der Waals surface area contributed by atoms with Crippen molar-refractivity contribution in [2.45, 2.75) is 18.7 Å². The number of hydrogen-bond acceptors (Lipinski definition) is 2. The van der Waals surface area contributed by atoms with E-state index in [0.29, 0.717) is 5.33 Å². The average Bonchev–Trinajstić information content (AvgIpc) is 2.28. The molecule has 0 saturated heterocycles. The summed E-state index contributed by atoms with van der Waals surface area (Å²) >= 11 is 3.05. The molecule has 3 nitrogen and oxygen atoms in total. The van der Waals surface area contributed by atoms with E-state index in [-0.39, 0.29) is 12.1 Å². The van der Waals surface area contributed by atoms with E-state index in [9.17, 15) is 23.1 Å². The first kappa shape index (κ1) is 15.0. The standard InChI is InChI=1S/C11H11BrF3NO2/c12-5-4-9(17)10(18)16-8-3-1-2-7(6-8)11(13,14)15/h1-3,6,9,17H,4-5H2,(H,16,18). The highest BCUT2D eigenvalue weighted by Gasteiger charge is 2.30. The first-order valence-corrected chi connectivity index (χ1v) is 6.19. The minimum absolute atomic E-state index is 0.00319. The van der Waals surface area contributed by atoms with E-state index in [1.165, 1.54) is 12.1 Å². The molecular weight excluding hydrogens is 315 g/mol. The van der Waals surface area contributed by atoms with E-state index in [4.69, 9.17) is 0 Å². The third-order valence-corrected chi connectivity index (χ3v) is 2.60. The van der Waals surface area contributed by atoms with Gasteiger partial charge >= 0.3 is 6.18 Å². The SMILES string of the molecule is O=C(Nc1cccc(C(F)(F)F)c1)C(O)CCBr. The molecule has 0 heterocycles. The fourth-order valence-corrected chi connectivity index (χ4v) is 1.67. The first-order valence-electron chi connectivity index (χ1n) is 5.06. The molecule has 18 heavy (non-hydrogen) atoms. The van der Waals surface area contributed by atoms with Crippen LogP contribution in [0, 0.1) is 0 Å². The molecule has 0 fully saturated rings. The molecule has 0 aliphatic rings. The Hall–Kier alpha value is -1.08. The van der Waals surface area contributed by atoms with Gasteiger partial charge in [0.05, 0.1) is 5.56 Å². The molecule has 0 spiro atoms. The van der Waals surface area contributed by atoms with Crippen molar-refractivity contribution < 1.29 is 23.1 Å². The van der Waals surface area contributed by atoms with E-state index in [0.717, 1.165) is 12.1 Å². The van der Waals surface area contributed by atoms with Gasteiger partial charge in [0.1, 0.15) is 6.10 Å². The van der Waals surface area contributed by atoms with E-state index >= 15 is 0 Å². The number of nitrogens with one attached hydrogen (secondary N) is 1. The van der Waals surface area contributed by atoms with Crippen LogP contribution in [0.3, 0.4) is 0 Å². The summed E-state index contributed by atoms with van der Waals surface area (Å²) < 4.78 is 37.2. The van der Waals surface area contributed by atoms with Crippen molar-refractivity contribution in [3.8, 4) is 0 Å². The highest BCUT2D eigenvalue weighted by Crippen LogP contribution is 2.30.